The zero-order valence-corrected chi connectivity index (χ0v) is 6.78. The van der Waals surface area contributed by atoms with Crippen LogP contribution >= 0.6 is 0 Å². The molecule has 0 aliphatic heterocycles. The minimum atomic E-state index is 0.800. The van der Waals surface area contributed by atoms with Gasteiger partial charge in [0.15, 0.2) is 0 Å². The van der Waals surface area contributed by atoms with Crippen molar-refractivity contribution in [2.75, 3.05) is 0 Å². The highest BCUT2D eigenvalue weighted by Gasteiger charge is 1.98. The number of hydrogen-bond acceptors (Lipinski definition) is 1. The van der Waals surface area contributed by atoms with Crippen molar-refractivity contribution in [3.05, 3.63) is 35.8 Å². The van der Waals surface area contributed by atoms with E-state index in [4.69, 9.17) is 6.42 Å². The molecule has 2 aromatic heterocycles. The first-order valence-electron chi connectivity index (χ1n) is 3.71. The van der Waals surface area contributed by atoms with Crippen molar-refractivity contribution in [3.63, 3.8) is 0 Å². The van der Waals surface area contributed by atoms with Crippen LogP contribution in [0.4, 0.5) is 0 Å². The second kappa shape index (κ2) is 2.38. The highest BCUT2D eigenvalue weighted by molar-refractivity contribution is 5.45. The Labute approximate surface area is 70.9 Å². The van der Waals surface area contributed by atoms with Crippen LogP contribution in [0, 0.1) is 19.3 Å². The number of hydrogen-bond donors (Lipinski definition) is 0. The molecule has 0 aromatic carbocycles. The summed E-state index contributed by atoms with van der Waals surface area (Å²) in [6.07, 6.45) is 8.99. The van der Waals surface area contributed by atoms with Gasteiger partial charge in [0.05, 0.1) is 6.20 Å². The van der Waals surface area contributed by atoms with E-state index in [2.05, 4.69) is 10.9 Å². The zero-order valence-electron chi connectivity index (χ0n) is 6.78. The molecule has 0 unspecified atom stereocenters. The van der Waals surface area contributed by atoms with Gasteiger partial charge in [-0.25, -0.2) is 4.98 Å². The second-order valence-electron chi connectivity index (χ2n) is 2.72. The molecule has 0 bridgehead atoms. The van der Waals surface area contributed by atoms with E-state index in [1.165, 1.54) is 5.56 Å². The molecule has 2 rings (SSSR count). The quantitative estimate of drug-likeness (QED) is 0.530. The molecular weight excluding hydrogens is 148 g/mol. The zero-order chi connectivity index (χ0) is 8.55. The van der Waals surface area contributed by atoms with Gasteiger partial charge >= 0.3 is 0 Å². The van der Waals surface area contributed by atoms with E-state index in [1.54, 1.807) is 6.20 Å². The number of terminal acetylenes is 1. The first kappa shape index (κ1) is 6.93. The fraction of sp³-hybridized carbons (Fsp3) is 0.100. The van der Waals surface area contributed by atoms with E-state index in [-0.39, 0.29) is 0 Å². The Morgan fingerprint density at radius 2 is 2.33 bits per heavy atom. The molecule has 0 aliphatic carbocycles. The van der Waals surface area contributed by atoms with Gasteiger partial charge in [-0.15, -0.1) is 6.42 Å². The first-order chi connectivity index (χ1) is 5.81. The summed E-state index contributed by atoms with van der Waals surface area (Å²) in [6, 6.07) is 3.97. The van der Waals surface area contributed by atoms with Crippen LogP contribution in [0.1, 0.15) is 11.3 Å². The van der Waals surface area contributed by atoms with Gasteiger partial charge in [0.2, 0.25) is 0 Å². The van der Waals surface area contributed by atoms with E-state index < -0.39 is 0 Å². The molecule has 12 heavy (non-hydrogen) atoms. The smallest absolute Gasteiger partial charge is 0.137 e. The molecule has 0 aliphatic rings. The average Bonchev–Trinajstić information content (AvgIpc) is 2.46. The fourth-order valence-corrected chi connectivity index (χ4v) is 1.19. The van der Waals surface area contributed by atoms with Crippen molar-refractivity contribution in [1.29, 1.82) is 0 Å². The number of rotatable bonds is 0. The molecule has 0 saturated carbocycles. The van der Waals surface area contributed by atoms with Crippen LogP contribution in [0.25, 0.3) is 5.65 Å². The fourth-order valence-electron chi connectivity index (χ4n) is 1.19. The summed E-state index contributed by atoms with van der Waals surface area (Å²) < 4.78 is 1.91. The molecule has 0 spiro atoms. The van der Waals surface area contributed by atoms with E-state index in [0.29, 0.717) is 0 Å². The number of nitrogens with zero attached hydrogens (tertiary/aromatic N) is 2. The lowest BCUT2D eigenvalue weighted by atomic mass is 10.3. The molecule has 0 saturated heterocycles. The second-order valence-corrected chi connectivity index (χ2v) is 2.72. The van der Waals surface area contributed by atoms with Crippen molar-refractivity contribution in [2.45, 2.75) is 6.92 Å². The largest absolute Gasteiger partial charge is 0.293 e. The Kier molecular flexibility index (Phi) is 1.38. The van der Waals surface area contributed by atoms with E-state index in [9.17, 15) is 0 Å². The summed E-state index contributed by atoms with van der Waals surface area (Å²) in [5, 5.41) is 0. The molecular formula is C10H8N2. The number of fused-ring (bicyclic) bond motifs is 1. The van der Waals surface area contributed by atoms with Crippen LogP contribution in [0.15, 0.2) is 24.5 Å². The topological polar surface area (TPSA) is 17.3 Å². The molecule has 58 valence electrons. The minimum absolute atomic E-state index is 0.800. The third-order valence-corrected chi connectivity index (χ3v) is 1.80. The van der Waals surface area contributed by atoms with Crippen molar-refractivity contribution < 1.29 is 0 Å². The summed E-state index contributed by atoms with van der Waals surface area (Å²) in [5.41, 5.74) is 2.87. The molecule has 2 aromatic rings. The standard InChI is InChI=1S/C10H8N2/c1-3-9-6-11-10-5-4-8(2)7-12(9)10/h1,4-7H,2H3. The summed E-state index contributed by atoms with van der Waals surface area (Å²) in [5.74, 6) is 2.58. The Morgan fingerprint density at radius 3 is 3.08 bits per heavy atom. The van der Waals surface area contributed by atoms with Crippen molar-refractivity contribution >= 4 is 5.65 Å². The normalized spacial score (nSPS) is 10.0. The lowest BCUT2D eigenvalue weighted by Gasteiger charge is -1.96. The average molecular weight is 156 g/mol. The summed E-state index contributed by atoms with van der Waals surface area (Å²) in [7, 11) is 0. The monoisotopic (exact) mass is 156 g/mol. The highest BCUT2D eigenvalue weighted by atomic mass is 15.0. The van der Waals surface area contributed by atoms with Gasteiger partial charge in [0.1, 0.15) is 11.3 Å². The van der Waals surface area contributed by atoms with E-state index >= 15 is 0 Å². The van der Waals surface area contributed by atoms with Gasteiger partial charge in [-0.1, -0.05) is 12.0 Å². The maximum Gasteiger partial charge on any atom is 0.137 e. The molecule has 0 atom stereocenters. The molecule has 0 N–H and O–H groups in total. The lowest BCUT2D eigenvalue weighted by Crippen LogP contribution is -1.88. The maximum atomic E-state index is 5.30. The van der Waals surface area contributed by atoms with Gasteiger partial charge < -0.3 is 0 Å². The molecule has 2 heteroatoms. The van der Waals surface area contributed by atoms with Gasteiger partial charge in [-0.3, -0.25) is 4.40 Å². The van der Waals surface area contributed by atoms with Crippen molar-refractivity contribution in [3.8, 4) is 12.3 Å². The minimum Gasteiger partial charge on any atom is -0.293 e. The number of aryl methyl sites for hydroxylation is 1. The predicted octanol–water partition coefficient (Wildman–Crippen LogP) is 1.62. The Morgan fingerprint density at radius 1 is 1.50 bits per heavy atom. The Bertz CT molecular complexity index is 460. The van der Waals surface area contributed by atoms with Crippen molar-refractivity contribution in [1.82, 2.24) is 9.38 Å². The highest BCUT2D eigenvalue weighted by Crippen LogP contribution is 2.06. The third-order valence-electron chi connectivity index (χ3n) is 1.80. The molecule has 0 radical (unpaired) electrons. The van der Waals surface area contributed by atoms with Crippen LogP contribution in [0.2, 0.25) is 0 Å². The van der Waals surface area contributed by atoms with Gasteiger partial charge in [-0.05, 0) is 18.6 Å². The van der Waals surface area contributed by atoms with Crippen molar-refractivity contribution in [2.24, 2.45) is 0 Å². The van der Waals surface area contributed by atoms with Gasteiger partial charge in [0.25, 0.3) is 0 Å². The molecule has 2 nitrogen and oxygen atoms in total. The maximum absolute atomic E-state index is 5.30. The predicted molar refractivity (Wildman–Crippen MR) is 47.9 cm³/mol. The summed E-state index contributed by atoms with van der Waals surface area (Å²) >= 11 is 0. The third kappa shape index (κ3) is 0.876. The van der Waals surface area contributed by atoms with Crippen LogP contribution < -0.4 is 0 Å². The Balaban J connectivity index is 2.86. The molecule has 0 amide bonds. The van der Waals surface area contributed by atoms with Crippen LogP contribution in [0.5, 0.6) is 0 Å². The SMILES string of the molecule is C#Cc1cnc2ccc(C)cn12. The molecule has 2 heterocycles. The molecule has 0 fully saturated rings. The lowest BCUT2D eigenvalue weighted by molar-refractivity contribution is 1.14. The number of pyridine rings is 1. The Hall–Kier alpha value is -1.75. The van der Waals surface area contributed by atoms with Gasteiger partial charge in [0, 0.05) is 6.20 Å². The number of aromatic nitrogens is 2. The van der Waals surface area contributed by atoms with E-state index in [0.717, 1.165) is 11.3 Å². The van der Waals surface area contributed by atoms with Crippen LogP contribution in [-0.2, 0) is 0 Å². The van der Waals surface area contributed by atoms with Crippen LogP contribution in [0.3, 0.4) is 0 Å². The number of imidazole rings is 1. The van der Waals surface area contributed by atoms with Gasteiger partial charge in [-0.2, -0.15) is 0 Å². The first-order valence-corrected chi connectivity index (χ1v) is 3.71. The van der Waals surface area contributed by atoms with Crippen LogP contribution in [-0.4, -0.2) is 9.38 Å². The summed E-state index contributed by atoms with van der Waals surface area (Å²) in [6.45, 7) is 2.03. The summed E-state index contributed by atoms with van der Waals surface area (Å²) in [4.78, 5) is 4.15. The van der Waals surface area contributed by atoms with E-state index in [1.807, 2.05) is 29.7 Å².